The van der Waals surface area contributed by atoms with Gasteiger partial charge in [-0.1, -0.05) is 13.8 Å². The molecule has 3 aliphatic rings. The Labute approximate surface area is 180 Å². The number of rotatable bonds is 7. The molecule has 3 saturated heterocycles. The Morgan fingerprint density at radius 2 is 1.45 bits per heavy atom. The van der Waals surface area contributed by atoms with Crippen LogP contribution in [0, 0.1) is 23.7 Å². The predicted octanol–water partition coefficient (Wildman–Crippen LogP) is 4.49. The topological polar surface area (TPSA) is 26.8 Å². The molecule has 4 heteroatoms. The predicted molar refractivity (Wildman–Crippen MR) is 122 cm³/mol. The molecule has 0 N–H and O–H groups in total. The lowest BCUT2D eigenvalue weighted by Crippen LogP contribution is -2.46. The van der Waals surface area contributed by atoms with Crippen molar-refractivity contribution in [3.05, 3.63) is 0 Å². The maximum atomic E-state index is 12.9. The number of hydrogen-bond donors (Lipinski definition) is 0. The number of carbonyl (C=O) groups is 1. The first-order valence-electron chi connectivity index (χ1n) is 12.7. The van der Waals surface area contributed by atoms with E-state index in [0.29, 0.717) is 17.9 Å². The van der Waals surface area contributed by atoms with E-state index in [1.807, 2.05) is 0 Å². The number of likely N-dealkylation sites (tertiary alicyclic amines) is 3. The van der Waals surface area contributed by atoms with Crippen molar-refractivity contribution in [2.75, 3.05) is 45.8 Å². The van der Waals surface area contributed by atoms with E-state index < -0.39 is 0 Å². The van der Waals surface area contributed by atoms with Crippen molar-refractivity contribution in [1.82, 2.24) is 14.7 Å². The summed E-state index contributed by atoms with van der Waals surface area (Å²) in [6, 6.07) is 0.710. The summed E-state index contributed by atoms with van der Waals surface area (Å²) in [7, 11) is 0. The molecule has 0 saturated carbocycles. The van der Waals surface area contributed by atoms with Crippen LogP contribution in [0.4, 0.5) is 0 Å². The Balaban J connectivity index is 1.28. The Morgan fingerprint density at radius 3 is 2.00 bits per heavy atom. The van der Waals surface area contributed by atoms with E-state index in [2.05, 4.69) is 42.4 Å². The van der Waals surface area contributed by atoms with Gasteiger partial charge in [0, 0.05) is 25.0 Å². The van der Waals surface area contributed by atoms with Crippen LogP contribution >= 0.6 is 0 Å². The average Bonchev–Trinajstić information content (AvgIpc) is 2.74. The van der Waals surface area contributed by atoms with Gasteiger partial charge in [-0.3, -0.25) is 4.79 Å². The molecule has 0 spiro atoms. The molecule has 0 bridgehead atoms. The zero-order valence-corrected chi connectivity index (χ0v) is 19.7. The van der Waals surface area contributed by atoms with Crippen molar-refractivity contribution in [1.29, 1.82) is 0 Å². The molecule has 0 unspecified atom stereocenters. The minimum Gasteiger partial charge on any atom is -0.342 e. The minimum atomic E-state index is 0.294. The third-order valence-electron chi connectivity index (χ3n) is 8.20. The molecule has 0 radical (unpaired) electrons. The van der Waals surface area contributed by atoms with Crippen molar-refractivity contribution in [3.63, 3.8) is 0 Å². The monoisotopic (exact) mass is 405 g/mol. The quantitative estimate of drug-likeness (QED) is 0.624. The van der Waals surface area contributed by atoms with Crippen LogP contribution in [0.1, 0.15) is 79.1 Å². The van der Waals surface area contributed by atoms with E-state index in [0.717, 1.165) is 56.8 Å². The second kappa shape index (κ2) is 11.1. The van der Waals surface area contributed by atoms with Crippen molar-refractivity contribution >= 4 is 5.91 Å². The van der Waals surface area contributed by atoms with E-state index in [-0.39, 0.29) is 0 Å². The van der Waals surface area contributed by atoms with Crippen molar-refractivity contribution in [3.8, 4) is 0 Å². The van der Waals surface area contributed by atoms with Gasteiger partial charge < -0.3 is 14.7 Å². The summed E-state index contributed by atoms with van der Waals surface area (Å²) >= 11 is 0. The van der Waals surface area contributed by atoms with Crippen molar-refractivity contribution in [2.24, 2.45) is 23.7 Å². The molecule has 0 aliphatic carbocycles. The van der Waals surface area contributed by atoms with Crippen LogP contribution in [0.2, 0.25) is 0 Å². The van der Waals surface area contributed by atoms with E-state index in [9.17, 15) is 4.79 Å². The molecule has 3 rings (SSSR count). The molecule has 29 heavy (non-hydrogen) atoms. The Bertz CT molecular complexity index is 482. The summed E-state index contributed by atoms with van der Waals surface area (Å²) in [5.74, 6) is 3.28. The van der Waals surface area contributed by atoms with Crippen molar-refractivity contribution < 1.29 is 4.79 Å². The molecule has 0 aromatic carbocycles. The summed E-state index contributed by atoms with van der Waals surface area (Å²) in [5, 5.41) is 0. The molecule has 4 nitrogen and oxygen atoms in total. The van der Waals surface area contributed by atoms with Crippen LogP contribution in [-0.4, -0.2) is 72.5 Å². The van der Waals surface area contributed by atoms with Gasteiger partial charge >= 0.3 is 0 Å². The number of hydrogen-bond acceptors (Lipinski definition) is 3. The minimum absolute atomic E-state index is 0.294. The van der Waals surface area contributed by atoms with E-state index in [1.165, 1.54) is 58.2 Å². The van der Waals surface area contributed by atoms with Crippen LogP contribution in [0.15, 0.2) is 0 Å². The molecule has 168 valence electrons. The molecule has 0 aromatic rings. The summed E-state index contributed by atoms with van der Waals surface area (Å²) in [6.07, 6.45) is 10.1. The maximum absolute atomic E-state index is 12.9. The second-order valence-electron chi connectivity index (χ2n) is 10.7. The highest BCUT2D eigenvalue weighted by molar-refractivity contribution is 5.79. The highest BCUT2D eigenvalue weighted by atomic mass is 16.2. The zero-order chi connectivity index (χ0) is 20.8. The number of nitrogens with zero attached hydrogens (tertiary/aromatic N) is 3. The van der Waals surface area contributed by atoms with Gasteiger partial charge in [0.15, 0.2) is 0 Å². The summed E-state index contributed by atoms with van der Waals surface area (Å²) < 4.78 is 0. The van der Waals surface area contributed by atoms with Gasteiger partial charge in [0.05, 0.1) is 0 Å². The molecular weight excluding hydrogens is 358 g/mol. The smallest absolute Gasteiger partial charge is 0.225 e. The highest BCUT2D eigenvalue weighted by Gasteiger charge is 2.31. The molecule has 0 aromatic heterocycles. The lowest BCUT2D eigenvalue weighted by Gasteiger charge is -2.38. The Hall–Kier alpha value is -0.610. The first-order chi connectivity index (χ1) is 13.9. The first-order valence-corrected chi connectivity index (χ1v) is 12.7. The normalized spacial score (nSPS) is 24.7. The number of piperidine rings is 3. The third kappa shape index (κ3) is 6.69. The van der Waals surface area contributed by atoms with E-state index in [1.54, 1.807) is 0 Å². The Kier molecular flexibility index (Phi) is 8.85. The van der Waals surface area contributed by atoms with Gasteiger partial charge in [-0.05, 0) is 116 Å². The van der Waals surface area contributed by atoms with Gasteiger partial charge in [0.25, 0.3) is 0 Å². The lowest BCUT2D eigenvalue weighted by atomic mass is 9.86. The van der Waals surface area contributed by atoms with Crippen molar-refractivity contribution in [2.45, 2.75) is 85.1 Å². The number of amides is 1. The SMILES string of the molecule is CC(C)C1CCN(C(=O)C2CCN(CCCC3CCN(C(C)C)CC3)CC2)CC1. The molecular formula is C25H47N3O. The molecule has 1 amide bonds. The second-order valence-corrected chi connectivity index (χ2v) is 10.7. The van der Waals surface area contributed by atoms with E-state index in [4.69, 9.17) is 0 Å². The fourth-order valence-electron chi connectivity index (χ4n) is 5.81. The number of carbonyl (C=O) groups excluding carboxylic acids is 1. The first kappa shape index (κ1) is 23.1. The fraction of sp³-hybridized carbons (Fsp3) is 0.960. The summed E-state index contributed by atoms with van der Waals surface area (Å²) in [6.45, 7) is 17.4. The average molecular weight is 406 g/mol. The van der Waals surface area contributed by atoms with E-state index >= 15 is 0 Å². The van der Waals surface area contributed by atoms with Crippen LogP contribution in [-0.2, 0) is 4.79 Å². The van der Waals surface area contributed by atoms with Crippen LogP contribution in [0.5, 0.6) is 0 Å². The van der Waals surface area contributed by atoms with Crippen LogP contribution < -0.4 is 0 Å². The van der Waals surface area contributed by atoms with Gasteiger partial charge in [-0.15, -0.1) is 0 Å². The molecule has 0 atom stereocenters. The largest absolute Gasteiger partial charge is 0.342 e. The third-order valence-corrected chi connectivity index (χ3v) is 8.20. The molecule has 3 heterocycles. The maximum Gasteiger partial charge on any atom is 0.225 e. The van der Waals surface area contributed by atoms with Crippen LogP contribution in [0.3, 0.4) is 0 Å². The standard InChI is InChI=1S/C25H47N3O/c1-20(2)23-11-18-28(19-12-23)25(29)24-9-14-26(15-10-24)13-5-6-22-7-16-27(17-8-22)21(3)4/h20-24H,5-19H2,1-4H3. The van der Waals surface area contributed by atoms with Gasteiger partial charge in [0.1, 0.15) is 0 Å². The zero-order valence-electron chi connectivity index (χ0n) is 19.7. The lowest BCUT2D eigenvalue weighted by molar-refractivity contribution is -0.138. The highest BCUT2D eigenvalue weighted by Crippen LogP contribution is 2.28. The van der Waals surface area contributed by atoms with Gasteiger partial charge in [0.2, 0.25) is 5.91 Å². The van der Waals surface area contributed by atoms with Crippen LogP contribution in [0.25, 0.3) is 0 Å². The molecule has 3 aliphatic heterocycles. The fourth-order valence-corrected chi connectivity index (χ4v) is 5.81. The Morgan fingerprint density at radius 1 is 0.828 bits per heavy atom. The van der Waals surface area contributed by atoms with Gasteiger partial charge in [-0.2, -0.15) is 0 Å². The summed E-state index contributed by atoms with van der Waals surface area (Å²) in [5.41, 5.74) is 0. The van der Waals surface area contributed by atoms with Gasteiger partial charge in [-0.25, -0.2) is 0 Å². The molecule has 3 fully saturated rings. The summed E-state index contributed by atoms with van der Waals surface area (Å²) in [4.78, 5) is 20.4.